The van der Waals surface area contributed by atoms with Crippen LogP contribution in [0.1, 0.15) is 19.4 Å². The Balaban J connectivity index is 3.11. The summed E-state index contributed by atoms with van der Waals surface area (Å²) in [5.74, 6) is 1.27. The van der Waals surface area contributed by atoms with Gasteiger partial charge in [-0.15, -0.1) is 0 Å². The molecule has 0 aliphatic rings. The first-order valence-corrected chi connectivity index (χ1v) is 5.29. The highest BCUT2D eigenvalue weighted by molar-refractivity contribution is 5.44. The SMILES string of the molecule is CCOc1cc([C@@](C)(O)CN)ccc1OC. The average molecular weight is 225 g/mol. The lowest BCUT2D eigenvalue weighted by Gasteiger charge is -2.22. The molecule has 16 heavy (non-hydrogen) atoms. The molecule has 3 N–H and O–H groups in total. The maximum atomic E-state index is 10.0. The molecule has 0 unspecified atom stereocenters. The Bertz CT molecular complexity index is 350. The normalized spacial score (nSPS) is 14.3. The topological polar surface area (TPSA) is 64.7 Å². The second-order valence-corrected chi connectivity index (χ2v) is 3.78. The Kier molecular flexibility index (Phi) is 4.15. The second kappa shape index (κ2) is 5.18. The highest BCUT2D eigenvalue weighted by Crippen LogP contribution is 2.31. The van der Waals surface area contributed by atoms with Crippen LogP contribution in [0.2, 0.25) is 0 Å². The van der Waals surface area contributed by atoms with E-state index < -0.39 is 5.60 Å². The van der Waals surface area contributed by atoms with Crippen LogP contribution in [0.25, 0.3) is 0 Å². The van der Waals surface area contributed by atoms with Gasteiger partial charge in [-0.2, -0.15) is 0 Å². The van der Waals surface area contributed by atoms with Crippen LogP contribution in [-0.2, 0) is 5.60 Å². The van der Waals surface area contributed by atoms with Crippen LogP contribution in [0.5, 0.6) is 11.5 Å². The quantitative estimate of drug-likeness (QED) is 0.791. The van der Waals surface area contributed by atoms with Crippen molar-refractivity contribution < 1.29 is 14.6 Å². The minimum Gasteiger partial charge on any atom is -0.493 e. The zero-order valence-corrected chi connectivity index (χ0v) is 9.99. The Morgan fingerprint density at radius 2 is 2.06 bits per heavy atom. The van der Waals surface area contributed by atoms with Gasteiger partial charge in [0.15, 0.2) is 11.5 Å². The highest BCUT2D eigenvalue weighted by Gasteiger charge is 2.22. The van der Waals surface area contributed by atoms with Crippen molar-refractivity contribution in [1.82, 2.24) is 0 Å². The van der Waals surface area contributed by atoms with Crippen LogP contribution in [-0.4, -0.2) is 25.4 Å². The van der Waals surface area contributed by atoms with Gasteiger partial charge in [0.05, 0.1) is 19.3 Å². The van der Waals surface area contributed by atoms with E-state index in [1.807, 2.05) is 6.92 Å². The van der Waals surface area contributed by atoms with Gasteiger partial charge in [0.25, 0.3) is 0 Å². The number of rotatable bonds is 5. The van der Waals surface area contributed by atoms with Gasteiger partial charge in [-0.25, -0.2) is 0 Å². The third-order valence-corrected chi connectivity index (χ3v) is 2.48. The standard InChI is InChI=1S/C12H19NO3/c1-4-16-11-7-9(12(2,14)8-13)5-6-10(11)15-3/h5-7,14H,4,8,13H2,1-3H3/t12-/m0/s1. The Morgan fingerprint density at radius 1 is 1.38 bits per heavy atom. The lowest BCUT2D eigenvalue weighted by Crippen LogP contribution is -2.31. The van der Waals surface area contributed by atoms with Crippen LogP contribution in [0, 0.1) is 0 Å². The molecule has 1 atom stereocenters. The van der Waals surface area contributed by atoms with Crippen LogP contribution < -0.4 is 15.2 Å². The van der Waals surface area contributed by atoms with E-state index in [1.165, 1.54) is 0 Å². The van der Waals surface area contributed by atoms with E-state index in [0.29, 0.717) is 18.1 Å². The molecule has 0 saturated carbocycles. The molecular formula is C12H19NO3. The molecule has 1 aromatic carbocycles. The van der Waals surface area contributed by atoms with Gasteiger partial charge in [0.2, 0.25) is 0 Å². The summed E-state index contributed by atoms with van der Waals surface area (Å²) in [4.78, 5) is 0. The third-order valence-electron chi connectivity index (χ3n) is 2.48. The van der Waals surface area contributed by atoms with Gasteiger partial charge >= 0.3 is 0 Å². The summed E-state index contributed by atoms with van der Waals surface area (Å²) in [6.07, 6.45) is 0. The lowest BCUT2D eigenvalue weighted by atomic mass is 9.96. The smallest absolute Gasteiger partial charge is 0.161 e. The molecule has 0 amide bonds. The molecule has 4 heteroatoms. The summed E-state index contributed by atoms with van der Waals surface area (Å²) in [5.41, 5.74) is 5.19. The predicted octanol–water partition coefficient (Wildman–Crippen LogP) is 1.26. The van der Waals surface area contributed by atoms with E-state index in [1.54, 1.807) is 32.2 Å². The molecule has 0 saturated heterocycles. The number of benzene rings is 1. The number of hydrogen-bond donors (Lipinski definition) is 2. The molecule has 0 spiro atoms. The van der Waals surface area contributed by atoms with Crippen molar-refractivity contribution in [3.05, 3.63) is 23.8 Å². The van der Waals surface area contributed by atoms with Crippen molar-refractivity contribution in [3.8, 4) is 11.5 Å². The zero-order valence-electron chi connectivity index (χ0n) is 9.99. The molecule has 1 rings (SSSR count). The summed E-state index contributed by atoms with van der Waals surface area (Å²) in [6.45, 7) is 4.27. The van der Waals surface area contributed by atoms with E-state index in [4.69, 9.17) is 15.2 Å². The molecule has 1 aromatic rings. The van der Waals surface area contributed by atoms with E-state index >= 15 is 0 Å². The van der Waals surface area contributed by atoms with Gasteiger partial charge in [-0.1, -0.05) is 6.07 Å². The van der Waals surface area contributed by atoms with Crippen molar-refractivity contribution in [3.63, 3.8) is 0 Å². The van der Waals surface area contributed by atoms with E-state index in [0.717, 1.165) is 5.56 Å². The number of methoxy groups -OCH3 is 1. The van der Waals surface area contributed by atoms with Crippen molar-refractivity contribution in [1.29, 1.82) is 0 Å². The number of aliphatic hydroxyl groups is 1. The fourth-order valence-electron chi connectivity index (χ4n) is 1.40. The van der Waals surface area contributed by atoms with Crippen molar-refractivity contribution >= 4 is 0 Å². The summed E-state index contributed by atoms with van der Waals surface area (Å²) in [6, 6.07) is 5.31. The van der Waals surface area contributed by atoms with Crippen LogP contribution in [0.4, 0.5) is 0 Å². The van der Waals surface area contributed by atoms with Gasteiger partial charge < -0.3 is 20.3 Å². The molecule has 4 nitrogen and oxygen atoms in total. The van der Waals surface area contributed by atoms with Crippen LogP contribution >= 0.6 is 0 Å². The molecule has 0 bridgehead atoms. The molecule has 0 aromatic heterocycles. The van der Waals surface area contributed by atoms with E-state index in [2.05, 4.69) is 0 Å². The van der Waals surface area contributed by atoms with E-state index in [9.17, 15) is 5.11 Å². The maximum absolute atomic E-state index is 10.0. The van der Waals surface area contributed by atoms with Crippen LogP contribution in [0.3, 0.4) is 0 Å². The van der Waals surface area contributed by atoms with Crippen molar-refractivity contribution in [2.45, 2.75) is 19.4 Å². The van der Waals surface area contributed by atoms with E-state index in [-0.39, 0.29) is 6.54 Å². The fourth-order valence-corrected chi connectivity index (χ4v) is 1.40. The zero-order chi connectivity index (χ0) is 12.2. The van der Waals surface area contributed by atoms with Crippen molar-refractivity contribution in [2.24, 2.45) is 5.73 Å². The minimum atomic E-state index is -1.04. The summed E-state index contributed by atoms with van der Waals surface area (Å²) < 4.78 is 10.6. The first kappa shape index (κ1) is 12.8. The van der Waals surface area contributed by atoms with Crippen molar-refractivity contribution in [2.75, 3.05) is 20.3 Å². The summed E-state index contributed by atoms with van der Waals surface area (Å²) in [5, 5.41) is 10.0. The maximum Gasteiger partial charge on any atom is 0.161 e. The first-order valence-electron chi connectivity index (χ1n) is 5.29. The predicted molar refractivity (Wildman–Crippen MR) is 62.8 cm³/mol. The number of nitrogens with two attached hydrogens (primary N) is 1. The minimum absolute atomic E-state index is 0.158. The molecule has 0 fully saturated rings. The van der Waals surface area contributed by atoms with Gasteiger partial charge in [-0.3, -0.25) is 0 Å². The Morgan fingerprint density at radius 3 is 2.56 bits per heavy atom. The fraction of sp³-hybridized carbons (Fsp3) is 0.500. The van der Waals surface area contributed by atoms with Gasteiger partial charge in [-0.05, 0) is 31.5 Å². The molecule has 0 heterocycles. The molecule has 0 aliphatic heterocycles. The second-order valence-electron chi connectivity index (χ2n) is 3.78. The number of ether oxygens (including phenoxy) is 2. The Labute approximate surface area is 96.0 Å². The molecular weight excluding hydrogens is 206 g/mol. The summed E-state index contributed by atoms with van der Waals surface area (Å²) >= 11 is 0. The van der Waals surface area contributed by atoms with Crippen LogP contribution in [0.15, 0.2) is 18.2 Å². The monoisotopic (exact) mass is 225 g/mol. The first-order chi connectivity index (χ1) is 7.55. The highest BCUT2D eigenvalue weighted by atomic mass is 16.5. The third kappa shape index (κ3) is 2.65. The van der Waals surface area contributed by atoms with Gasteiger partial charge in [0, 0.05) is 6.54 Å². The molecule has 0 radical (unpaired) electrons. The number of hydrogen-bond acceptors (Lipinski definition) is 4. The molecule has 0 aliphatic carbocycles. The van der Waals surface area contributed by atoms with Gasteiger partial charge in [0.1, 0.15) is 0 Å². The largest absolute Gasteiger partial charge is 0.493 e. The Hall–Kier alpha value is -1.26. The lowest BCUT2D eigenvalue weighted by molar-refractivity contribution is 0.0664. The molecule has 90 valence electrons. The average Bonchev–Trinajstić information content (AvgIpc) is 2.29. The summed E-state index contributed by atoms with van der Waals surface area (Å²) in [7, 11) is 1.58.